The fourth-order valence-corrected chi connectivity index (χ4v) is 1.44. The van der Waals surface area contributed by atoms with Gasteiger partial charge in [0.1, 0.15) is 0 Å². The van der Waals surface area contributed by atoms with Crippen molar-refractivity contribution < 1.29 is 9.53 Å². The summed E-state index contributed by atoms with van der Waals surface area (Å²) in [6.07, 6.45) is 16.8. The van der Waals surface area contributed by atoms with Crippen LogP contribution in [0.3, 0.4) is 0 Å². The first-order valence-corrected chi connectivity index (χ1v) is 6.70. The fourth-order valence-electron chi connectivity index (χ4n) is 1.44. The minimum absolute atomic E-state index is 0.191. The molecular formula is C15H26O2. The molecule has 0 aliphatic rings. The monoisotopic (exact) mass is 238 g/mol. The van der Waals surface area contributed by atoms with Gasteiger partial charge in [-0.05, 0) is 32.1 Å². The quantitative estimate of drug-likeness (QED) is 0.320. The van der Waals surface area contributed by atoms with Crippen LogP contribution in [0.5, 0.6) is 0 Å². The van der Waals surface area contributed by atoms with Crippen LogP contribution in [-0.2, 0) is 9.53 Å². The van der Waals surface area contributed by atoms with Crippen LogP contribution in [0.1, 0.15) is 58.8 Å². The molecule has 0 fully saturated rings. The zero-order chi connectivity index (χ0) is 12.8. The molecule has 0 aromatic heterocycles. The third-order valence-electron chi connectivity index (χ3n) is 2.40. The second-order valence-corrected chi connectivity index (χ2v) is 4.16. The zero-order valence-electron chi connectivity index (χ0n) is 11.3. The number of carbonyl (C=O) groups is 1. The van der Waals surface area contributed by atoms with Crippen molar-refractivity contribution in [2.75, 3.05) is 6.61 Å². The summed E-state index contributed by atoms with van der Waals surface area (Å²) in [4.78, 5) is 10.5. The standard InChI is InChI=1S/C15H26O2/c1-3-4-5-6-7-8-9-10-11-12-13-14-17-15(2)16/h7-8,10-11H,3-6,9,12-14H2,1-2H3. The highest BCUT2D eigenvalue weighted by Gasteiger charge is 1.89. The third-order valence-corrected chi connectivity index (χ3v) is 2.40. The molecule has 0 heterocycles. The molecule has 0 atom stereocenters. The SMILES string of the molecule is CCCCCC=CCC=CCCCOC(C)=O. The van der Waals surface area contributed by atoms with E-state index in [4.69, 9.17) is 4.74 Å². The Hall–Kier alpha value is -1.05. The molecule has 17 heavy (non-hydrogen) atoms. The van der Waals surface area contributed by atoms with E-state index < -0.39 is 0 Å². The molecule has 0 saturated carbocycles. The highest BCUT2D eigenvalue weighted by Crippen LogP contribution is 2.01. The molecular weight excluding hydrogens is 212 g/mol. The summed E-state index contributed by atoms with van der Waals surface area (Å²) in [6, 6.07) is 0. The lowest BCUT2D eigenvalue weighted by Crippen LogP contribution is -1.99. The Labute approximate surface area is 106 Å². The van der Waals surface area contributed by atoms with Crippen molar-refractivity contribution in [3.05, 3.63) is 24.3 Å². The second-order valence-electron chi connectivity index (χ2n) is 4.16. The van der Waals surface area contributed by atoms with Crippen LogP contribution in [0.4, 0.5) is 0 Å². The minimum atomic E-state index is -0.191. The van der Waals surface area contributed by atoms with Crippen LogP contribution in [0, 0.1) is 0 Å². The van der Waals surface area contributed by atoms with Gasteiger partial charge in [-0.1, -0.05) is 44.1 Å². The number of allylic oxidation sites excluding steroid dienone is 4. The number of carbonyl (C=O) groups excluding carboxylic acids is 1. The molecule has 0 N–H and O–H groups in total. The van der Waals surface area contributed by atoms with Crippen LogP contribution in [-0.4, -0.2) is 12.6 Å². The molecule has 0 aliphatic carbocycles. The number of hydrogen-bond acceptors (Lipinski definition) is 2. The summed E-state index contributed by atoms with van der Waals surface area (Å²) in [6.45, 7) is 4.20. The highest BCUT2D eigenvalue weighted by molar-refractivity contribution is 5.65. The van der Waals surface area contributed by atoms with Gasteiger partial charge in [0.2, 0.25) is 0 Å². The lowest BCUT2D eigenvalue weighted by molar-refractivity contribution is -0.141. The van der Waals surface area contributed by atoms with Gasteiger partial charge in [0.25, 0.3) is 0 Å². The van der Waals surface area contributed by atoms with E-state index in [1.165, 1.54) is 32.6 Å². The molecule has 2 nitrogen and oxygen atoms in total. The first-order chi connectivity index (χ1) is 8.27. The van der Waals surface area contributed by atoms with Crippen molar-refractivity contribution in [1.82, 2.24) is 0 Å². The predicted molar refractivity (Wildman–Crippen MR) is 72.9 cm³/mol. The Balaban J connectivity index is 3.21. The molecule has 0 spiro atoms. The Morgan fingerprint density at radius 3 is 2.24 bits per heavy atom. The van der Waals surface area contributed by atoms with E-state index in [2.05, 4.69) is 31.2 Å². The molecule has 0 aliphatic heterocycles. The van der Waals surface area contributed by atoms with Gasteiger partial charge < -0.3 is 4.74 Å². The molecule has 0 bridgehead atoms. The highest BCUT2D eigenvalue weighted by atomic mass is 16.5. The van der Waals surface area contributed by atoms with Crippen LogP contribution < -0.4 is 0 Å². The summed E-state index contributed by atoms with van der Waals surface area (Å²) in [7, 11) is 0. The van der Waals surface area contributed by atoms with Gasteiger partial charge in [0.15, 0.2) is 0 Å². The van der Waals surface area contributed by atoms with Crippen molar-refractivity contribution in [3.8, 4) is 0 Å². The van der Waals surface area contributed by atoms with E-state index in [1.807, 2.05) is 0 Å². The van der Waals surface area contributed by atoms with Gasteiger partial charge in [-0.15, -0.1) is 0 Å². The number of ether oxygens (including phenoxy) is 1. The van der Waals surface area contributed by atoms with Gasteiger partial charge in [-0.2, -0.15) is 0 Å². The molecule has 0 unspecified atom stereocenters. The van der Waals surface area contributed by atoms with E-state index in [-0.39, 0.29) is 5.97 Å². The Kier molecular flexibility index (Phi) is 12.2. The van der Waals surface area contributed by atoms with E-state index in [1.54, 1.807) is 0 Å². The van der Waals surface area contributed by atoms with Crippen LogP contribution in [0.15, 0.2) is 24.3 Å². The summed E-state index contributed by atoms with van der Waals surface area (Å²) in [5, 5.41) is 0. The fraction of sp³-hybridized carbons (Fsp3) is 0.667. The summed E-state index contributed by atoms with van der Waals surface area (Å²) in [5.74, 6) is -0.191. The maximum atomic E-state index is 10.5. The first-order valence-electron chi connectivity index (χ1n) is 6.70. The average Bonchev–Trinajstić information content (AvgIpc) is 2.30. The smallest absolute Gasteiger partial charge is 0.302 e. The molecule has 0 radical (unpaired) electrons. The lowest BCUT2D eigenvalue weighted by Gasteiger charge is -1.97. The molecule has 0 rings (SSSR count). The maximum absolute atomic E-state index is 10.5. The Morgan fingerprint density at radius 1 is 1.00 bits per heavy atom. The lowest BCUT2D eigenvalue weighted by atomic mass is 10.2. The molecule has 0 amide bonds. The number of esters is 1. The largest absolute Gasteiger partial charge is 0.466 e. The molecule has 98 valence electrons. The third kappa shape index (κ3) is 14.9. The van der Waals surface area contributed by atoms with Gasteiger partial charge >= 0.3 is 5.97 Å². The van der Waals surface area contributed by atoms with Crippen molar-refractivity contribution >= 4 is 5.97 Å². The van der Waals surface area contributed by atoms with E-state index in [0.717, 1.165) is 19.3 Å². The van der Waals surface area contributed by atoms with Crippen molar-refractivity contribution in [1.29, 1.82) is 0 Å². The minimum Gasteiger partial charge on any atom is -0.466 e. The van der Waals surface area contributed by atoms with Crippen LogP contribution >= 0.6 is 0 Å². The summed E-state index contributed by atoms with van der Waals surface area (Å²) >= 11 is 0. The Bertz CT molecular complexity index is 229. The van der Waals surface area contributed by atoms with Gasteiger partial charge in [-0.3, -0.25) is 4.79 Å². The van der Waals surface area contributed by atoms with E-state index in [9.17, 15) is 4.79 Å². The van der Waals surface area contributed by atoms with Gasteiger partial charge in [0.05, 0.1) is 6.61 Å². The van der Waals surface area contributed by atoms with Crippen molar-refractivity contribution in [2.45, 2.75) is 58.8 Å². The van der Waals surface area contributed by atoms with E-state index in [0.29, 0.717) is 6.61 Å². The number of unbranched alkanes of at least 4 members (excludes halogenated alkanes) is 4. The molecule has 0 aromatic carbocycles. The number of hydrogen-bond donors (Lipinski definition) is 0. The van der Waals surface area contributed by atoms with Gasteiger partial charge in [0, 0.05) is 6.92 Å². The zero-order valence-corrected chi connectivity index (χ0v) is 11.3. The normalized spacial score (nSPS) is 11.4. The van der Waals surface area contributed by atoms with E-state index >= 15 is 0 Å². The average molecular weight is 238 g/mol. The summed E-state index contributed by atoms with van der Waals surface area (Å²) < 4.78 is 4.84. The van der Waals surface area contributed by atoms with Gasteiger partial charge in [-0.25, -0.2) is 0 Å². The first kappa shape index (κ1) is 16.0. The summed E-state index contributed by atoms with van der Waals surface area (Å²) in [5.41, 5.74) is 0. The van der Waals surface area contributed by atoms with Crippen molar-refractivity contribution in [2.24, 2.45) is 0 Å². The van der Waals surface area contributed by atoms with Crippen LogP contribution in [0.25, 0.3) is 0 Å². The van der Waals surface area contributed by atoms with Crippen LogP contribution in [0.2, 0.25) is 0 Å². The maximum Gasteiger partial charge on any atom is 0.302 e. The molecule has 0 saturated heterocycles. The molecule has 0 aromatic rings. The molecule has 2 heteroatoms. The predicted octanol–water partition coefficient (Wildman–Crippen LogP) is 4.41. The topological polar surface area (TPSA) is 26.3 Å². The number of rotatable bonds is 10. The Morgan fingerprint density at radius 2 is 1.65 bits per heavy atom. The second kappa shape index (κ2) is 13.0. The van der Waals surface area contributed by atoms with Crippen molar-refractivity contribution in [3.63, 3.8) is 0 Å².